The highest BCUT2D eigenvalue weighted by Crippen LogP contribution is 2.27. The van der Waals surface area contributed by atoms with Crippen LogP contribution in [0.3, 0.4) is 0 Å². The molecule has 0 unspecified atom stereocenters. The number of nitrogens with two attached hydrogens (primary N) is 1. The third kappa shape index (κ3) is 4.00. The molecule has 3 N–H and O–H groups in total. The number of carbonyl (C=O) groups excluding carboxylic acids is 1. The first kappa shape index (κ1) is 18.2. The molecule has 1 heterocycles. The zero-order chi connectivity index (χ0) is 19.6. The lowest BCUT2D eigenvalue weighted by Gasteiger charge is -2.28. The maximum Gasteiger partial charge on any atom is 0.271 e. The molecule has 27 heavy (non-hydrogen) atoms. The van der Waals surface area contributed by atoms with Gasteiger partial charge in [-0.05, 0) is 38.0 Å². The number of nitrogens with one attached hydrogen (secondary N) is 1. The van der Waals surface area contributed by atoms with Crippen LogP contribution in [0.25, 0.3) is 0 Å². The van der Waals surface area contributed by atoms with Crippen molar-refractivity contribution in [2.24, 2.45) is 15.8 Å². The van der Waals surface area contributed by atoms with Crippen molar-refractivity contribution in [3.63, 3.8) is 0 Å². The highest BCUT2D eigenvalue weighted by Gasteiger charge is 2.30. The number of aliphatic imine (C=N–C) groups is 1. The molecule has 0 aliphatic carbocycles. The summed E-state index contributed by atoms with van der Waals surface area (Å²) >= 11 is 0. The molecule has 1 amide bonds. The monoisotopic (exact) mass is 365 g/mol. The summed E-state index contributed by atoms with van der Waals surface area (Å²) in [5, 5.41) is 14.9. The van der Waals surface area contributed by atoms with Crippen LogP contribution in [0.1, 0.15) is 25.0 Å². The van der Waals surface area contributed by atoms with Crippen molar-refractivity contribution in [1.82, 2.24) is 0 Å². The van der Waals surface area contributed by atoms with Crippen LogP contribution in [0.2, 0.25) is 0 Å². The van der Waals surface area contributed by atoms with Crippen LogP contribution in [0.5, 0.6) is 0 Å². The molecular formula is C19H19N5O3. The standard InChI is InChI=1S/C19H19N5O3/c1-19(2)11-12-5-3-4-6-15(12)16(21-19)17(18(20)25)23-22-13-7-9-14(10-8-13)24(26)27/h3-10,22H,11H2,1-2H3,(H2,20,25)/b23-17+. The van der Waals surface area contributed by atoms with E-state index < -0.39 is 16.4 Å². The molecule has 0 atom stereocenters. The molecule has 0 fully saturated rings. The van der Waals surface area contributed by atoms with Crippen molar-refractivity contribution in [1.29, 1.82) is 0 Å². The molecule has 3 rings (SSSR count). The lowest BCUT2D eigenvalue weighted by Crippen LogP contribution is -2.38. The van der Waals surface area contributed by atoms with Gasteiger partial charge in [-0.1, -0.05) is 24.3 Å². The third-order valence-corrected chi connectivity index (χ3v) is 4.14. The number of fused-ring (bicyclic) bond motifs is 1. The van der Waals surface area contributed by atoms with Crippen LogP contribution in [-0.4, -0.2) is 27.8 Å². The van der Waals surface area contributed by atoms with Crippen molar-refractivity contribution >= 4 is 28.7 Å². The first-order valence-electron chi connectivity index (χ1n) is 8.33. The van der Waals surface area contributed by atoms with Crippen molar-refractivity contribution < 1.29 is 9.72 Å². The smallest absolute Gasteiger partial charge is 0.271 e. The first-order valence-corrected chi connectivity index (χ1v) is 8.33. The molecule has 0 aromatic heterocycles. The van der Waals surface area contributed by atoms with E-state index in [0.29, 0.717) is 11.4 Å². The Kier molecular flexibility index (Phi) is 4.72. The minimum atomic E-state index is -0.712. The molecule has 0 saturated heterocycles. The van der Waals surface area contributed by atoms with Gasteiger partial charge in [0.05, 0.1) is 21.9 Å². The molecule has 2 aromatic carbocycles. The molecule has 1 aliphatic heterocycles. The van der Waals surface area contributed by atoms with Gasteiger partial charge in [0.1, 0.15) is 0 Å². The van der Waals surface area contributed by atoms with Gasteiger partial charge in [0.25, 0.3) is 11.6 Å². The predicted octanol–water partition coefficient (Wildman–Crippen LogP) is 2.67. The molecule has 0 radical (unpaired) electrons. The third-order valence-electron chi connectivity index (χ3n) is 4.14. The van der Waals surface area contributed by atoms with Crippen LogP contribution in [-0.2, 0) is 11.2 Å². The number of primary amides is 1. The Balaban J connectivity index is 1.97. The summed E-state index contributed by atoms with van der Waals surface area (Å²) < 4.78 is 0. The van der Waals surface area contributed by atoms with E-state index in [1.807, 2.05) is 38.1 Å². The van der Waals surface area contributed by atoms with Crippen molar-refractivity contribution in [2.75, 3.05) is 5.43 Å². The van der Waals surface area contributed by atoms with Gasteiger partial charge in [-0.25, -0.2) is 0 Å². The Bertz CT molecular complexity index is 962. The number of non-ortho nitro benzene ring substituents is 1. The number of carbonyl (C=O) groups is 1. The highest BCUT2D eigenvalue weighted by atomic mass is 16.6. The molecule has 1 aliphatic rings. The second-order valence-electron chi connectivity index (χ2n) is 6.85. The zero-order valence-corrected chi connectivity index (χ0v) is 15.0. The normalized spacial score (nSPS) is 15.5. The first-order chi connectivity index (χ1) is 12.8. The lowest BCUT2D eigenvalue weighted by molar-refractivity contribution is -0.384. The summed E-state index contributed by atoms with van der Waals surface area (Å²) in [6.07, 6.45) is 0.745. The molecule has 0 saturated carbocycles. The molecule has 8 heteroatoms. The summed E-state index contributed by atoms with van der Waals surface area (Å²) in [6.45, 7) is 3.95. The van der Waals surface area contributed by atoms with E-state index in [0.717, 1.165) is 17.5 Å². The van der Waals surface area contributed by atoms with E-state index in [9.17, 15) is 14.9 Å². The average Bonchev–Trinajstić information content (AvgIpc) is 2.61. The highest BCUT2D eigenvalue weighted by molar-refractivity contribution is 6.70. The van der Waals surface area contributed by atoms with Crippen LogP contribution in [0.4, 0.5) is 11.4 Å². The Morgan fingerprint density at radius 3 is 2.52 bits per heavy atom. The van der Waals surface area contributed by atoms with Gasteiger partial charge in [-0.3, -0.25) is 25.3 Å². The minimum absolute atomic E-state index is 0.00794. The summed E-state index contributed by atoms with van der Waals surface area (Å²) in [7, 11) is 0. The maximum absolute atomic E-state index is 12.1. The van der Waals surface area contributed by atoms with Gasteiger partial charge in [0.15, 0.2) is 5.71 Å². The van der Waals surface area contributed by atoms with Crippen molar-refractivity contribution in [2.45, 2.75) is 25.8 Å². The lowest BCUT2D eigenvalue weighted by atomic mass is 9.85. The van der Waals surface area contributed by atoms with Crippen LogP contribution >= 0.6 is 0 Å². The van der Waals surface area contributed by atoms with Crippen LogP contribution < -0.4 is 11.2 Å². The van der Waals surface area contributed by atoms with E-state index in [2.05, 4.69) is 15.5 Å². The molecule has 138 valence electrons. The Morgan fingerprint density at radius 2 is 1.89 bits per heavy atom. The second kappa shape index (κ2) is 6.99. The molecular weight excluding hydrogens is 346 g/mol. The summed E-state index contributed by atoms with van der Waals surface area (Å²) in [5.74, 6) is -0.712. The molecule has 8 nitrogen and oxygen atoms in total. The number of benzene rings is 2. The maximum atomic E-state index is 12.1. The molecule has 2 aromatic rings. The number of amides is 1. The largest absolute Gasteiger partial charge is 0.364 e. The van der Waals surface area contributed by atoms with Gasteiger partial charge >= 0.3 is 0 Å². The number of hydrazone groups is 1. The number of anilines is 1. The fourth-order valence-corrected chi connectivity index (χ4v) is 2.96. The van der Waals surface area contributed by atoms with Gasteiger partial charge < -0.3 is 5.73 Å². The van der Waals surface area contributed by atoms with Gasteiger partial charge in [0.2, 0.25) is 0 Å². The quantitative estimate of drug-likeness (QED) is 0.480. The predicted molar refractivity (Wildman–Crippen MR) is 104 cm³/mol. The topological polar surface area (TPSA) is 123 Å². The van der Waals surface area contributed by atoms with Gasteiger partial charge in [-0.2, -0.15) is 5.10 Å². The number of nitro groups is 1. The van der Waals surface area contributed by atoms with Gasteiger partial charge in [0, 0.05) is 17.7 Å². The fourth-order valence-electron chi connectivity index (χ4n) is 2.96. The van der Waals surface area contributed by atoms with E-state index >= 15 is 0 Å². The number of nitrogens with zero attached hydrogens (tertiary/aromatic N) is 3. The van der Waals surface area contributed by atoms with Crippen LogP contribution in [0.15, 0.2) is 58.6 Å². The Morgan fingerprint density at radius 1 is 1.22 bits per heavy atom. The van der Waals surface area contributed by atoms with E-state index in [-0.39, 0.29) is 11.4 Å². The number of hydrogen-bond acceptors (Lipinski definition) is 6. The fraction of sp³-hybridized carbons (Fsp3) is 0.211. The zero-order valence-electron chi connectivity index (χ0n) is 15.0. The number of rotatable bonds is 5. The second-order valence-corrected chi connectivity index (χ2v) is 6.85. The number of hydrogen-bond donors (Lipinski definition) is 2. The molecule has 0 bridgehead atoms. The van der Waals surface area contributed by atoms with E-state index in [4.69, 9.17) is 5.73 Å². The molecule has 0 spiro atoms. The van der Waals surface area contributed by atoms with Crippen molar-refractivity contribution in [3.05, 3.63) is 69.8 Å². The van der Waals surface area contributed by atoms with E-state index in [1.54, 1.807) is 0 Å². The summed E-state index contributed by atoms with van der Waals surface area (Å²) in [6, 6.07) is 13.4. The van der Waals surface area contributed by atoms with Crippen molar-refractivity contribution in [3.8, 4) is 0 Å². The van der Waals surface area contributed by atoms with Crippen LogP contribution in [0, 0.1) is 10.1 Å². The number of nitro benzene ring substituents is 1. The minimum Gasteiger partial charge on any atom is -0.364 e. The Hall–Kier alpha value is -3.55. The SMILES string of the molecule is CC1(C)Cc2ccccc2C(/C(=N\Nc2ccc([N+](=O)[O-])cc2)C(N)=O)=N1. The summed E-state index contributed by atoms with van der Waals surface area (Å²) in [5.41, 5.74) is 10.7. The summed E-state index contributed by atoms with van der Waals surface area (Å²) in [4.78, 5) is 27.0. The average molecular weight is 365 g/mol. The van der Waals surface area contributed by atoms with Gasteiger partial charge in [-0.15, -0.1) is 0 Å². The van der Waals surface area contributed by atoms with E-state index in [1.165, 1.54) is 24.3 Å². The Labute approximate surface area is 156 Å².